The van der Waals surface area contributed by atoms with E-state index < -0.39 is 0 Å². The van der Waals surface area contributed by atoms with Crippen molar-refractivity contribution in [3.63, 3.8) is 0 Å². The summed E-state index contributed by atoms with van der Waals surface area (Å²) in [6.07, 6.45) is 0. The second kappa shape index (κ2) is 5.53. The Bertz CT molecular complexity index is 587. The molecule has 2 aromatic rings. The van der Waals surface area contributed by atoms with Gasteiger partial charge in [0.2, 0.25) is 0 Å². The van der Waals surface area contributed by atoms with E-state index in [9.17, 15) is 4.39 Å². The summed E-state index contributed by atoms with van der Waals surface area (Å²) in [5.41, 5.74) is 4.51. The molecule has 0 bridgehead atoms. The van der Waals surface area contributed by atoms with Crippen LogP contribution in [0.15, 0.2) is 18.2 Å². The van der Waals surface area contributed by atoms with Crippen molar-refractivity contribution < 1.29 is 4.39 Å². The van der Waals surface area contributed by atoms with Gasteiger partial charge in [-0.15, -0.1) is 0 Å². The lowest BCUT2D eigenvalue weighted by atomic mass is 10.1. The summed E-state index contributed by atoms with van der Waals surface area (Å²) in [6, 6.07) is 5.16. The number of benzene rings is 1. The molecule has 0 radical (unpaired) electrons. The van der Waals surface area contributed by atoms with Gasteiger partial charge < -0.3 is 5.32 Å². The van der Waals surface area contributed by atoms with Crippen molar-refractivity contribution in [1.82, 2.24) is 15.1 Å². The molecule has 0 aliphatic carbocycles. The lowest BCUT2D eigenvalue weighted by molar-refractivity contribution is 0.599. The van der Waals surface area contributed by atoms with Gasteiger partial charge in [0.25, 0.3) is 0 Å². The Morgan fingerprint density at radius 3 is 2.58 bits per heavy atom. The first-order chi connectivity index (χ1) is 9.06. The van der Waals surface area contributed by atoms with Gasteiger partial charge in [-0.3, -0.25) is 0 Å². The van der Waals surface area contributed by atoms with E-state index in [4.69, 9.17) is 0 Å². The van der Waals surface area contributed by atoms with Crippen LogP contribution in [0.25, 0.3) is 5.69 Å². The largest absolute Gasteiger partial charge is 0.313 e. The van der Waals surface area contributed by atoms with Crippen molar-refractivity contribution in [2.75, 3.05) is 6.54 Å². The highest BCUT2D eigenvalue weighted by atomic mass is 19.1. The zero-order chi connectivity index (χ0) is 14.0. The molecule has 4 heteroatoms. The molecule has 0 amide bonds. The van der Waals surface area contributed by atoms with Crippen molar-refractivity contribution in [3.8, 4) is 5.69 Å². The maximum absolute atomic E-state index is 14.2. The molecular formula is C15H20FN3. The topological polar surface area (TPSA) is 29.9 Å². The summed E-state index contributed by atoms with van der Waals surface area (Å²) < 4.78 is 15.9. The van der Waals surface area contributed by atoms with E-state index in [0.29, 0.717) is 12.2 Å². The minimum absolute atomic E-state index is 0.235. The normalized spacial score (nSPS) is 11.0. The lowest BCUT2D eigenvalue weighted by Crippen LogP contribution is -2.15. The zero-order valence-electron chi connectivity index (χ0n) is 11.9. The van der Waals surface area contributed by atoms with Crippen LogP contribution in [0.2, 0.25) is 0 Å². The molecule has 102 valence electrons. The Morgan fingerprint density at radius 1 is 1.26 bits per heavy atom. The van der Waals surface area contributed by atoms with Crippen LogP contribution in [0.4, 0.5) is 4.39 Å². The van der Waals surface area contributed by atoms with Gasteiger partial charge in [-0.25, -0.2) is 9.07 Å². The summed E-state index contributed by atoms with van der Waals surface area (Å²) in [5, 5.41) is 7.69. The maximum Gasteiger partial charge on any atom is 0.149 e. The van der Waals surface area contributed by atoms with Crippen molar-refractivity contribution in [2.24, 2.45) is 0 Å². The van der Waals surface area contributed by atoms with E-state index >= 15 is 0 Å². The number of aromatic nitrogens is 2. The molecule has 1 heterocycles. The number of hydrogen-bond donors (Lipinski definition) is 1. The third-order valence-electron chi connectivity index (χ3n) is 3.50. The van der Waals surface area contributed by atoms with Gasteiger partial charge in [-0.1, -0.05) is 19.1 Å². The molecule has 0 spiro atoms. The van der Waals surface area contributed by atoms with Crippen LogP contribution in [0.1, 0.15) is 29.4 Å². The summed E-state index contributed by atoms with van der Waals surface area (Å²) in [6.45, 7) is 9.46. The number of nitrogens with one attached hydrogen (secondary N) is 1. The fourth-order valence-corrected chi connectivity index (χ4v) is 2.14. The monoisotopic (exact) mass is 261 g/mol. The first kappa shape index (κ1) is 13.7. The molecule has 0 fully saturated rings. The third-order valence-corrected chi connectivity index (χ3v) is 3.50. The van der Waals surface area contributed by atoms with Crippen molar-refractivity contribution in [3.05, 3.63) is 46.5 Å². The molecule has 2 rings (SSSR count). The molecule has 19 heavy (non-hydrogen) atoms. The van der Waals surface area contributed by atoms with Gasteiger partial charge in [0.1, 0.15) is 11.5 Å². The van der Waals surface area contributed by atoms with Crippen LogP contribution in [0.5, 0.6) is 0 Å². The molecule has 0 unspecified atom stereocenters. The number of halogens is 1. The Balaban J connectivity index is 2.56. The summed E-state index contributed by atoms with van der Waals surface area (Å²) in [5.74, 6) is -0.235. The van der Waals surface area contributed by atoms with Crippen LogP contribution >= 0.6 is 0 Å². The predicted octanol–water partition coefficient (Wildman–Crippen LogP) is 3.05. The molecule has 1 aromatic heterocycles. The highest BCUT2D eigenvalue weighted by Gasteiger charge is 2.15. The fourth-order valence-electron chi connectivity index (χ4n) is 2.14. The van der Waals surface area contributed by atoms with Crippen LogP contribution in [0.3, 0.4) is 0 Å². The molecule has 0 aliphatic heterocycles. The average molecular weight is 261 g/mol. The van der Waals surface area contributed by atoms with E-state index in [1.807, 2.05) is 33.8 Å². The second-order valence-corrected chi connectivity index (χ2v) is 4.74. The van der Waals surface area contributed by atoms with Crippen molar-refractivity contribution >= 4 is 0 Å². The fraction of sp³-hybridized carbons (Fsp3) is 0.400. The second-order valence-electron chi connectivity index (χ2n) is 4.74. The summed E-state index contributed by atoms with van der Waals surface area (Å²) in [7, 11) is 0. The Kier molecular flexibility index (Phi) is 4.00. The first-order valence-electron chi connectivity index (χ1n) is 6.57. The quantitative estimate of drug-likeness (QED) is 0.916. The minimum atomic E-state index is -0.235. The standard InChI is InChI=1S/C15H20FN3/c1-5-17-9-13-7-6-8-14(16)15(13)19-12(4)10(2)11(3)18-19/h6-8,17H,5,9H2,1-4H3. The molecule has 1 aromatic carbocycles. The number of hydrogen-bond acceptors (Lipinski definition) is 2. The smallest absolute Gasteiger partial charge is 0.149 e. The van der Waals surface area contributed by atoms with E-state index in [0.717, 1.165) is 29.1 Å². The number of aryl methyl sites for hydroxylation is 1. The van der Waals surface area contributed by atoms with E-state index in [1.54, 1.807) is 10.7 Å². The molecule has 0 aliphatic rings. The Morgan fingerprint density at radius 2 is 2.00 bits per heavy atom. The summed E-state index contributed by atoms with van der Waals surface area (Å²) in [4.78, 5) is 0. The van der Waals surface area contributed by atoms with Gasteiger partial charge in [0.05, 0.1) is 5.69 Å². The molecule has 1 N–H and O–H groups in total. The number of rotatable bonds is 4. The van der Waals surface area contributed by atoms with Crippen LogP contribution < -0.4 is 5.32 Å². The van der Waals surface area contributed by atoms with E-state index in [2.05, 4.69) is 10.4 Å². The van der Waals surface area contributed by atoms with Gasteiger partial charge >= 0.3 is 0 Å². The number of para-hydroxylation sites is 1. The zero-order valence-corrected chi connectivity index (χ0v) is 11.9. The minimum Gasteiger partial charge on any atom is -0.313 e. The maximum atomic E-state index is 14.2. The molecule has 0 saturated heterocycles. The van der Waals surface area contributed by atoms with E-state index in [1.165, 1.54) is 6.07 Å². The molecular weight excluding hydrogens is 241 g/mol. The van der Waals surface area contributed by atoms with Crippen LogP contribution in [0, 0.1) is 26.6 Å². The molecule has 0 saturated carbocycles. The predicted molar refractivity (Wildman–Crippen MR) is 75.1 cm³/mol. The van der Waals surface area contributed by atoms with Gasteiger partial charge in [-0.2, -0.15) is 5.10 Å². The molecule has 0 atom stereocenters. The Labute approximate surface area is 113 Å². The van der Waals surface area contributed by atoms with Crippen LogP contribution in [-0.4, -0.2) is 16.3 Å². The Hall–Kier alpha value is -1.68. The number of nitrogens with zero attached hydrogens (tertiary/aromatic N) is 2. The van der Waals surface area contributed by atoms with Gasteiger partial charge in [-0.05, 0) is 44.5 Å². The van der Waals surface area contributed by atoms with Gasteiger partial charge in [0, 0.05) is 12.2 Å². The highest BCUT2D eigenvalue weighted by Crippen LogP contribution is 2.22. The summed E-state index contributed by atoms with van der Waals surface area (Å²) >= 11 is 0. The third kappa shape index (κ3) is 2.54. The van der Waals surface area contributed by atoms with Crippen molar-refractivity contribution in [1.29, 1.82) is 0 Å². The van der Waals surface area contributed by atoms with Crippen molar-refractivity contribution in [2.45, 2.75) is 34.2 Å². The average Bonchev–Trinajstić information content (AvgIpc) is 2.64. The lowest BCUT2D eigenvalue weighted by Gasteiger charge is -2.12. The highest BCUT2D eigenvalue weighted by molar-refractivity contribution is 5.44. The SMILES string of the molecule is CCNCc1cccc(F)c1-n1nc(C)c(C)c1C. The van der Waals surface area contributed by atoms with Crippen LogP contribution in [-0.2, 0) is 6.54 Å². The van der Waals surface area contributed by atoms with E-state index in [-0.39, 0.29) is 5.82 Å². The molecule has 3 nitrogen and oxygen atoms in total. The van der Waals surface area contributed by atoms with Gasteiger partial charge in [0.15, 0.2) is 0 Å². The first-order valence-corrected chi connectivity index (χ1v) is 6.57.